The number of carbonyl (C=O) groups is 1. The van der Waals surface area contributed by atoms with Crippen molar-refractivity contribution in [3.8, 4) is 0 Å². The predicted octanol–water partition coefficient (Wildman–Crippen LogP) is 3.15. The Bertz CT molecular complexity index is 1090. The number of pyridine rings is 1. The minimum absolute atomic E-state index is 0.0387. The second kappa shape index (κ2) is 6.81. The van der Waals surface area contributed by atoms with Crippen LogP contribution in [0.1, 0.15) is 16.2 Å². The number of hydroxylamine groups is 1. The maximum atomic E-state index is 11.3. The lowest BCUT2D eigenvalue weighted by Gasteiger charge is -2.11. The third-order valence-corrected chi connectivity index (χ3v) is 4.17. The van der Waals surface area contributed by atoms with E-state index in [0.29, 0.717) is 18.7 Å². The van der Waals surface area contributed by atoms with Crippen molar-refractivity contribution in [2.45, 2.75) is 6.42 Å². The van der Waals surface area contributed by atoms with E-state index in [1.165, 1.54) is 11.5 Å². The maximum Gasteiger partial charge on any atom is 0.296 e. The SMILES string of the molecule is O=C(NO)c1cc(CCNc2nc3ccccc3c3ccccc23)on1. The monoisotopic (exact) mass is 348 g/mol. The summed E-state index contributed by atoms with van der Waals surface area (Å²) in [6.45, 7) is 0.560. The Morgan fingerprint density at radius 1 is 1.04 bits per heavy atom. The third-order valence-electron chi connectivity index (χ3n) is 4.17. The van der Waals surface area contributed by atoms with E-state index in [2.05, 4.69) is 22.6 Å². The molecule has 0 bridgehead atoms. The summed E-state index contributed by atoms with van der Waals surface area (Å²) in [5.74, 6) is 0.642. The summed E-state index contributed by atoms with van der Waals surface area (Å²) in [7, 11) is 0. The van der Waals surface area contributed by atoms with Crippen LogP contribution in [0.4, 0.5) is 5.82 Å². The van der Waals surface area contributed by atoms with Gasteiger partial charge in [-0.2, -0.15) is 0 Å². The summed E-state index contributed by atoms with van der Waals surface area (Å²) in [5.41, 5.74) is 2.49. The minimum atomic E-state index is -0.699. The van der Waals surface area contributed by atoms with Crippen LogP contribution in [0.3, 0.4) is 0 Å². The Hall–Kier alpha value is -3.45. The number of rotatable bonds is 5. The molecular weight excluding hydrogens is 332 g/mol. The van der Waals surface area contributed by atoms with Crippen molar-refractivity contribution in [3.63, 3.8) is 0 Å². The van der Waals surface area contributed by atoms with Crippen LogP contribution in [0, 0.1) is 0 Å². The molecule has 3 N–H and O–H groups in total. The highest BCUT2D eigenvalue weighted by Crippen LogP contribution is 2.28. The molecule has 0 saturated heterocycles. The second-order valence-corrected chi connectivity index (χ2v) is 5.82. The van der Waals surface area contributed by atoms with Gasteiger partial charge in [0.25, 0.3) is 5.91 Å². The van der Waals surface area contributed by atoms with E-state index in [0.717, 1.165) is 27.5 Å². The lowest BCUT2D eigenvalue weighted by atomic mass is 10.1. The van der Waals surface area contributed by atoms with Crippen molar-refractivity contribution in [2.75, 3.05) is 11.9 Å². The number of carbonyl (C=O) groups excluding carboxylic acids is 1. The van der Waals surface area contributed by atoms with Gasteiger partial charge in [-0.3, -0.25) is 10.0 Å². The van der Waals surface area contributed by atoms with Crippen molar-refractivity contribution in [1.29, 1.82) is 0 Å². The number of hydrogen-bond acceptors (Lipinski definition) is 6. The quantitative estimate of drug-likeness (QED) is 0.291. The van der Waals surface area contributed by atoms with Crippen molar-refractivity contribution in [1.82, 2.24) is 15.6 Å². The summed E-state index contributed by atoms with van der Waals surface area (Å²) >= 11 is 0. The molecule has 7 nitrogen and oxygen atoms in total. The molecule has 0 aliphatic heterocycles. The summed E-state index contributed by atoms with van der Waals surface area (Å²) in [5, 5.41) is 18.9. The molecule has 0 saturated carbocycles. The Kier molecular flexibility index (Phi) is 4.20. The Morgan fingerprint density at radius 2 is 1.77 bits per heavy atom. The molecule has 2 aromatic heterocycles. The molecule has 2 aromatic carbocycles. The van der Waals surface area contributed by atoms with Crippen LogP contribution in [0.5, 0.6) is 0 Å². The molecule has 0 atom stereocenters. The molecular formula is C19H16N4O3. The number of para-hydroxylation sites is 1. The van der Waals surface area contributed by atoms with E-state index in [-0.39, 0.29) is 5.69 Å². The molecule has 0 aliphatic carbocycles. The fourth-order valence-electron chi connectivity index (χ4n) is 2.94. The van der Waals surface area contributed by atoms with Crippen molar-refractivity contribution in [2.24, 2.45) is 0 Å². The lowest BCUT2D eigenvalue weighted by molar-refractivity contribution is 0.0696. The van der Waals surface area contributed by atoms with E-state index in [1.807, 2.05) is 36.4 Å². The van der Waals surface area contributed by atoms with Gasteiger partial charge in [0.1, 0.15) is 11.6 Å². The van der Waals surface area contributed by atoms with Crippen LogP contribution < -0.4 is 10.8 Å². The van der Waals surface area contributed by atoms with Gasteiger partial charge >= 0.3 is 0 Å². The first-order valence-corrected chi connectivity index (χ1v) is 8.17. The van der Waals surface area contributed by atoms with Crippen LogP contribution in [-0.4, -0.2) is 27.8 Å². The van der Waals surface area contributed by atoms with Crippen LogP contribution in [-0.2, 0) is 6.42 Å². The molecule has 0 unspecified atom stereocenters. The molecule has 1 amide bonds. The molecule has 4 rings (SSSR count). The second-order valence-electron chi connectivity index (χ2n) is 5.82. The Labute approximate surface area is 148 Å². The summed E-state index contributed by atoms with van der Waals surface area (Å²) < 4.78 is 5.10. The lowest BCUT2D eigenvalue weighted by Crippen LogP contribution is -2.18. The van der Waals surface area contributed by atoms with Crippen LogP contribution >= 0.6 is 0 Å². The van der Waals surface area contributed by atoms with Crippen LogP contribution in [0.25, 0.3) is 21.7 Å². The van der Waals surface area contributed by atoms with Gasteiger partial charge < -0.3 is 9.84 Å². The van der Waals surface area contributed by atoms with Gasteiger partial charge in [-0.25, -0.2) is 10.5 Å². The Balaban J connectivity index is 1.57. The number of nitrogens with one attached hydrogen (secondary N) is 2. The average molecular weight is 348 g/mol. The molecule has 2 heterocycles. The zero-order valence-electron chi connectivity index (χ0n) is 13.8. The first-order valence-electron chi connectivity index (χ1n) is 8.17. The molecule has 0 aliphatic rings. The highest BCUT2D eigenvalue weighted by molar-refractivity contribution is 6.09. The van der Waals surface area contributed by atoms with E-state index in [4.69, 9.17) is 14.7 Å². The number of anilines is 1. The van der Waals surface area contributed by atoms with Crippen molar-refractivity contribution in [3.05, 3.63) is 66.1 Å². The van der Waals surface area contributed by atoms with Gasteiger partial charge in [-0.15, -0.1) is 0 Å². The normalized spacial score (nSPS) is 11.0. The topological polar surface area (TPSA) is 100 Å². The summed E-state index contributed by atoms with van der Waals surface area (Å²) in [6, 6.07) is 17.7. The highest BCUT2D eigenvalue weighted by atomic mass is 16.5. The zero-order chi connectivity index (χ0) is 17.9. The highest BCUT2D eigenvalue weighted by Gasteiger charge is 2.12. The van der Waals surface area contributed by atoms with E-state index in [9.17, 15) is 4.79 Å². The van der Waals surface area contributed by atoms with Gasteiger partial charge in [-0.1, -0.05) is 47.6 Å². The smallest absolute Gasteiger partial charge is 0.296 e. The van der Waals surface area contributed by atoms with E-state index >= 15 is 0 Å². The maximum absolute atomic E-state index is 11.3. The molecule has 26 heavy (non-hydrogen) atoms. The van der Waals surface area contributed by atoms with Gasteiger partial charge in [-0.05, 0) is 11.5 Å². The molecule has 0 spiro atoms. The minimum Gasteiger partial charge on any atom is -0.369 e. The number of benzene rings is 2. The van der Waals surface area contributed by atoms with Gasteiger partial charge in [0.2, 0.25) is 0 Å². The fraction of sp³-hybridized carbons (Fsp3) is 0.105. The number of amides is 1. The van der Waals surface area contributed by atoms with Gasteiger partial charge in [0.05, 0.1) is 5.52 Å². The number of hydrogen-bond donors (Lipinski definition) is 3. The standard InChI is InChI=1S/C19H16N4O3/c24-19(22-25)17-11-12(26-23-17)9-10-20-18-15-7-2-1-5-13(15)14-6-3-4-8-16(14)21-18/h1-8,11,25H,9-10H2,(H,20,21)(H,22,24). The Morgan fingerprint density at radius 3 is 2.58 bits per heavy atom. The van der Waals surface area contributed by atoms with Crippen molar-refractivity contribution < 1.29 is 14.5 Å². The van der Waals surface area contributed by atoms with Crippen LogP contribution in [0.2, 0.25) is 0 Å². The van der Waals surface area contributed by atoms with Gasteiger partial charge in [0.15, 0.2) is 5.69 Å². The number of nitrogens with zero attached hydrogens (tertiary/aromatic N) is 2. The molecule has 7 heteroatoms. The fourth-order valence-corrected chi connectivity index (χ4v) is 2.94. The molecule has 0 fully saturated rings. The number of aromatic nitrogens is 2. The molecule has 130 valence electrons. The third kappa shape index (κ3) is 2.96. The van der Waals surface area contributed by atoms with Crippen LogP contribution in [0.15, 0.2) is 59.1 Å². The summed E-state index contributed by atoms with van der Waals surface area (Å²) in [4.78, 5) is 16.0. The van der Waals surface area contributed by atoms with Crippen molar-refractivity contribution >= 4 is 33.4 Å². The number of fused-ring (bicyclic) bond motifs is 3. The summed E-state index contributed by atoms with van der Waals surface area (Å²) in [6.07, 6.45) is 0.522. The first-order chi connectivity index (χ1) is 12.8. The van der Waals surface area contributed by atoms with E-state index in [1.54, 1.807) is 0 Å². The van der Waals surface area contributed by atoms with E-state index < -0.39 is 5.91 Å². The average Bonchev–Trinajstić information content (AvgIpc) is 3.16. The predicted molar refractivity (Wildman–Crippen MR) is 97.2 cm³/mol. The first kappa shape index (κ1) is 16.0. The van der Waals surface area contributed by atoms with Gasteiger partial charge in [0, 0.05) is 29.8 Å². The molecule has 0 radical (unpaired) electrons. The molecule has 4 aromatic rings. The zero-order valence-corrected chi connectivity index (χ0v) is 13.8. The largest absolute Gasteiger partial charge is 0.369 e.